The molecular weight excluding hydrogens is 332 g/mol. The molecule has 146 valence electrons. The molecule has 2 amide bonds. The second-order valence-electron chi connectivity index (χ2n) is 8.33. The minimum Gasteiger partial charge on any atom is -0.379 e. The number of hydrogen-bond donors (Lipinski definition) is 1. The molecule has 4 heterocycles. The topological polar surface area (TPSA) is 65.1 Å². The zero-order valence-corrected chi connectivity index (χ0v) is 15.7. The Morgan fingerprint density at radius 1 is 0.846 bits per heavy atom. The summed E-state index contributed by atoms with van der Waals surface area (Å²) in [5, 5.41) is 3.64. The van der Waals surface area contributed by atoms with E-state index >= 15 is 0 Å². The van der Waals surface area contributed by atoms with E-state index in [2.05, 4.69) is 10.2 Å². The highest BCUT2D eigenvalue weighted by atomic mass is 16.5. The van der Waals surface area contributed by atoms with Gasteiger partial charge in [-0.2, -0.15) is 0 Å². The van der Waals surface area contributed by atoms with Crippen LogP contribution in [-0.4, -0.2) is 97.6 Å². The van der Waals surface area contributed by atoms with E-state index in [1.807, 2.05) is 9.80 Å². The van der Waals surface area contributed by atoms with Gasteiger partial charge in [0.2, 0.25) is 11.8 Å². The molecule has 0 aliphatic carbocycles. The lowest BCUT2D eigenvalue weighted by molar-refractivity contribution is -0.141. The Bertz CT molecular complexity index is 503. The average Bonchev–Trinajstić information content (AvgIpc) is 3.01. The Morgan fingerprint density at radius 2 is 1.42 bits per heavy atom. The molecule has 4 rings (SSSR count). The predicted octanol–water partition coefficient (Wildman–Crippen LogP) is -0.0899. The summed E-state index contributed by atoms with van der Waals surface area (Å²) in [5.74, 6) is 1.02. The fourth-order valence-corrected chi connectivity index (χ4v) is 4.97. The maximum Gasteiger partial charge on any atom is 0.236 e. The van der Waals surface area contributed by atoms with Crippen LogP contribution in [0.3, 0.4) is 0 Å². The monoisotopic (exact) mass is 364 g/mol. The number of hydrogen-bond acceptors (Lipinski definition) is 5. The van der Waals surface area contributed by atoms with E-state index in [4.69, 9.17) is 4.74 Å². The maximum atomic E-state index is 12.7. The van der Waals surface area contributed by atoms with Crippen LogP contribution in [0.4, 0.5) is 0 Å². The van der Waals surface area contributed by atoms with E-state index < -0.39 is 0 Å². The van der Waals surface area contributed by atoms with Gasteiger partial charge >= 0.3 is 0 Å². The van der Waals surface area contributed by atoms with Crippen molar-refractivity contribution >= 4 is 11.8 Å². The molecule has 2 bridgehead atoms. The Morgan fingerprint density at radius 3 is 2.04 bits per heavy atom. The second-order valence-corrected chi connectivity index (χ2v) is 8.33. The third-order valence-corrected chi connectivity index (χ3v) is 6.48. The largest absolute Gasteiger partial charge is 0.379 e. The summed E-state index contributed by atoms with van der Waals surface area (Å²) < 4.78 is 5.33. The molecule has 0 aromatic heterocycles. The number of carbonyl (C=O) groups is 2. The minimum atomic E-state index is 0.189. The number of ether oxygens (including phenoxy) is 1. The van der Waals surface area contributed by atoms with Crippen LogP contribution in [0.1, 0.15) is 32.1 Å². The van der Waals surface area contributed by atoms with Gasteiger partial charge in [0.15, 0.2) is 0 Å². The average molecular weight is 364 g/mol. The first kappa shape index (κ1) is 18.2. The van der Waals surface area contributed by atoms with Crippen LogP contribution in [-0.2, 0) is 14.3 Å². The lowest BCUT2D eigenvalue weighted by Gasteiger charge is -2.37. The van der Waals surface area contributed by atoms with Crippen molar-refractivity contribution in [1.29, 1.82) is 0 Å². The summed E-state index contributed by atoms with van der Waals surface area (Å²) >= 11 is 0. The Kier molecular flexibility index (Phi) is 5.76. The molecule has 1 N–H and O–H groups in total. The van der Waals surface area contributed by atoms with Crippen molar-refractivity contribution < 1.29 is 14.3 Å². The molecule has 7 nitrogen and oxygen atoms in total. The fourth-order valence-electron chi connectivity index (χ4n) is 4.97. The number of nitrogens with zero attached hydrogens (tertiary/aromatic N) is 3. The number of piperazine rings is 1. The number of amides is 2. The Balaban J connectivity index is 1.19. The molecule has 4 aliphatic rings. The van der Waals surface area contributed by atoms with Crippen LogP contribution in [0.25, 0.3) is 0 Å². The van der Waals surface area contributed by atoms with Gasteiger partial charge in [0, 0.05) is 57.8 Å². The highest BCUT2D eigenvalue weighted by molar-refractivity contribution is 5.79. The molecule has 0 radical (unpaired) electrons. The molecule has 2 atom stereocenters. The van der Waals surface area contributed by atoms with Crippen LogP contribution < -0.4 is 5.32 Å². The number of morpholine rings is 1. The molecule has 4 saturated heterocycles. The smallest absolute Gasteiger partial charge is 0.236 e. The zero-order chi connectivity index (χ0) is 17.9. The van der Waals surface area contributed by atoms with Gasteiger partial charge in [-0.15, -0.1) is 0 Å². The van der Waals surface area contributed by atoms with Crippen LogP contribution in [0.2, 0.25) is 0 Å². The van der Waals surface area contributed by atoms with E-state index in [0.29, 0.717) is 70.4 Å². The van der Waals surface area contributed by atoms with Crippen LogP contribution in [0.15, 0.2) is 0 Å². The molecule has 0 spiro atoms. The molecular formula is C19H32N4O3. The zero-order valence-electron chi connectivity index (χ0n) is 15.7. The first-order valence-electron chi connectivity index (χ1n) is 10.3. The molecule has 7 heteroatoms. The quantitative estimate of drug-likeness (QED) is 0.755. The van der Waals surface area contributed by atoms with E-state index in [9.17, 15) is 9.59 Å². The molecule has 2 unspecified atom stereocenters. The summed E-state index contributed by atoms with van der Waals surface area (Å²) in [6.45, 7) is 6.30. The third-order valence-electron chi connectivity index (χ3n) is 6.48. The number of piperidine rings is 1. The highest BCUT2D eigenvalue weighted by Gasteiger charge is 2.35. The van der Waals surface area contributed by atoms with Crippen molar-refractivity contribution in [3.05, 3.63) is 0 Å². The summed E-state index contributed by atoms with van der Waals surface area (Å²) in [5.41, 5.74) is 0. The van der Waals surface area contributed by atoms with Gasteiger partial charge in [-0.05, 0) is 31.6 Å². The summed E-state index contributed by atoms with van der Waals surface area (Å²) in [6, 6.07) is 1.28. The second kappa shape index (κ2) is 8.23. The molecule has 0 aromatic rings. The van der Waals surface area contributed by atoms with Crippen LogP contribution in [0.5, 0.6) is 0 Å². The number of carbonyl (C=O) groups excluding carboxylic acids is 2. The van der Waals surface area contributed by atoms with E-state index in [1.54, 1.807) is 0 Å². The standard InChI is InChI=1S/C19H32N4O3/c24-18(13-15-11-16-1-2-17(12-15)20-16)22-3-5-23(6-4-22)19(25)14-21-7-9-26-10-8-21/h15-17,20H,1-14H2. The summed E-state index contributed by atoms with van der Waals surface area (Å²) in [6.07, 6.45) is 5.55. The summed E-state index contributed by atoms with van der Waals surface area (Å²) in [7, 11) is 0. The maximum absolute atomic E-state index is 12.7. The van der Waals surface area contributed by atoms with Crippen molar-refractivity contribution in [3.63, 3.8) is 0 Å². The molecule has 4 fully saturated rings. The molecule has 26 heavy (non-hydrogen) atoms. The SMILES string of the molecule is O=C(CC1CC2CCC(C1)N2)N1CCN(C(=O)CN2CCOCC2)CC1. The molecule has 4 aliphatic heterocycles. The highest BCUT2D eigenvalue weighted by Crippen LogP contribution is 2.33. The third kappa shape index (κ3) is 4.38. The van der Waals surface area contributed by atoms with Crippen molar-refractivity contribution in [2.24, 2.45) is 5.92 Å². The van der Waals surface area contributed by atoms with E-state index in [-0.39, 0.29) is 11.8 Å². The molecule has 0 saturated carbocycles. The number of nitrogens with one attached hydrogen (secondary N) is 1. The van der Waals surface area contributed by atoms with E-state index in [0.717, 1.165) is 25.9 Å². The normalized spacial score (nSPS) is 32.7. The lowest BCUT2D eigenvalue weighted by atomic mass is 9.89. The first-order chi connectivity index (χ1) is 12.7. The fraction of sp³-hybridized carbons (Fsp3) is 0.895. The summed E-state index contributed by atoms with van der Waals surface area (Å²) in [4.78, 5) is 31.2. The Labute approximate surface area is 156 Å². The molecule has 0 aromatic carbocycles. The number of rotatable bonds is 4. The van der Waals surface area contributed by atoms with Gasteiger partial charge in [0.05, 0.1) is 19.8 Å². The van der Waals surface area contributed by atoms with Gasteiger partial charge in [0.25, 0.3) is 0 Å². The Hall–Kier alpha value is -1.18. The van der Waals surface area contributed by atoms with Crippen molar-refractivity contribution in [3.8, 4) is 0 Å². The van der Waals surface area contributed by atoms with Crippen molar-refractivity contribution in [2.45, 2.75) is 44.2 Å². The first-order valence-corrected chi connectivity index (χ1v) is 10.3. The minimum absolute atomic E-state index is 0.189. The predicted molar refractivity (Wildman–Crippen MR) is 97.7 cm³/mol. The van der Waals surface area contributed by atoms with E-state index in [1.165, 1.54) is 12.8 Å². The number of fused-ring (bicyclic) bond motifs is 2. The van der Waals surface area contributed by atoms with Gasteiger partial charge in [-0.25, -0.2) is 0 Å². The van der Waals surface area contributed by atoms with Gasteiger partial charge in [-0.3, -0.25) is 14.5 Å². The lowest BCUT2D eigenvalue weighted by Crippen LogP contribution is -2.53. The van der Waals surface area contributed by atoms with Gasteiger partial charge in [-0.1, -0.05) is 0 Å². The van der Waals surface area contributed by atoms with Crippen molar-refractivity contribution in [2.75, 3.05) is 59.0 Å². The van der Waals surface area contributed by atoms with Crippen molar-refractivity contribution in [1.82, 2.24) is 20.0 Å². The van der Waals surface area contributed by atoms with Gasteiger partial charge < -0.3 is 19.9 Å². The van der Waals surface area contributed by atoms with Gasteiger partial charge in [0.1, 0.15) is 0 Å². The van der Waals surface area contributed by atoms with Crippen LogP contribution >= 0.6 is 0 Å². The van der Waals surface area contributed by atoms with Crippen LogP contribution in [0, 0.1) is 5.92 Å².